The fraction of sp³-hybridized carbons (Fsp3) is 0.167. The maximum atomic E-state index is 12.5. The van der Waals surface area contributed by atoms with Crippen LogP contribution >= 0.6 is 0 Å². The number of furan rings is 1. The number of carbonyl (C=O) groups is 1. The van der Waals surface area contributed by atoms with Gasteiger partial charge in [0, 0.05) is 6.20 Å². The minimum absolute atomic E-state index is 0.228. The summed E-state index contributed by atoms with van der Waals surface area (Å²) in [5.41, 5.74) is 3.87. The number of rotatable bonds is 7. The van der Waals surface area contributed by atoms with Gasteiger partial charge in [-0.3, -0.25) is 9.48 Å². The molecule has 0 atom stereocenters. The van der Waals surface area contributed by atoms with Crippen LogP contribution in [0.15, 0.2) is 77.5 Å². The van der Waals surface area contributed by atoms with Crippen molar-refractivity contribution >= 4 is 11.6 Å². The van der Waals surface area contributed by atoms with Crippen molar-refractivity contribution in [3.8, 4) is 5.75 Å². The van der Waals surface area contributed by atoms with E-state index >= 15 is 0 Å². The lowest BCUT2D eigenvalue weighted by molar-refractivity contribution is 0.0992. The molecule has 6 heteroatoms. The molecule has 6 nitrogen and oxygen atoms in total. The lowest BCUT2D eigenvalue weighted by Gasteiger charge is -2.10. The molecule has 0 spiro atoms. The summed E-state index contributed by atoms with van der Waals surface area (Å²) in [5.74, 6) is 1.33. The summed E-state index contributed by atoms with van der Waals surface area (Å²) in [6.45, 7) is 4.90. The zero-order chi connectivity index (χ0) is 20.9. The van der Waals surface area contributed by atoms with E-state index < -0.39 is 0 Å². The summed E-state index contributed by atoms with van der Waals surface area (Å²) >= 11 is 0. The molecule has 0 aliphatic rings. The zero-order valence-corrected chi connectivity index (χ0v) is 17.0. The third-order valence-electron chi connectivity index (χ3n) is 4.73. The number of carbonyl (C=O) groups excluding carboxylic acids is 1. The maximum absolute atomic E-state index is 12.5. The van der Waals surface area contributed by atoms with E-state index in [1.54, 1.807) is 29.2 Å². The van der Waals surface area contributed by atoms with Crippen molar-refractivity contribution in [2.45, 2.75) is 27.0 Å². The standard InChI is InChI=1S/C24H23N3O3/c1-17-7-6-8-18(2)23(17)29-16-21-11-12-22(30-21)24(28)26-20-13-25-27(15-20)14-19-9-4-3-5-10-19/h3-13,15H,14,16H2,1-2H3,(H,26,28). The van der Waals surface area contributed by atoms with Gasteiger partial charge in [-0.2, -0.15) is 5.10 Å². The molecule has 0 unspecified atom stereocenters. The van der Waals surface area contributed by atoms with Gasteiger partial charge >= 0.3 is 0 Å². The highest BCUT2D eigenvalue weighted by Gasteiger charge is 2.13. The molecular formula is C24H23N3O3. The molecule has 1 N–H and O–H groups in total. The van der Waals surface area contributed by atoms with E-state index in [-0.39, 0.29) is 18.3 Å². The molecule has 1 amide bonds. The van der Waals surface area contributed by atoms with E-state index in [9.17, 15) is 4.79 Å². The second kappa shape index (κ2) is 8.69. The Balaban J connectivity index is 1.35. The second-order valence-electron chi connectivity index (χ2n) is 7.14. The van der Waals surface area contributed by atoms with E-state index in [0.717, 1.165) is 22.4 Å². The fourth-order valence-corrected chi connectivity index (χ4v) is 3.23. The molecule has 2 heterocycles. The molecule has 0 aliphatic carbocycles. The van der Waals surface area contributed by atoms with Crippen molar-refractivity contribution in [1.82, 2.24) is 9.78 Å². The summed E-state index contributed by atoms with van der Waals surface area (Å²) in [6, 6.07) is 19.4. The van der Waals surface area contributed by atoms with Crippen molar-refractivity contribution in [3.63, 3.8) is 0 Å². The number of nitrogens with zero attached hydrogens (tertiary/aromatic N) is 2. The zero-order valence-electron chi connectivity index (χ0n) is 17.0. The van der Waals surface area contributed by atoms with Crippen LogP contribution in [0.1, 0.15) is 33.0 Å². The molecule has 30 heavy (non-hydrogen) atoms. The third-order valence-corrected chi connectivity index (χ3v) is 4.73. The number of hydrogen-bond donors (Lipinski definition) is 1. The molecule has 0 fully saturated rings. The van der Waals surface area contributed by atoms with Gasteiger partial charge in [0.25, 0.3) is 5.91 Å². The lowest BCUT2D eigenvalue weighted by atomic mass is 10.1. The minimum Gasteiger partial charge on any atom is -0.485 e. The van der Waals surface area contributed by atoms with Gasteiger partial charge in [0.05, 0.1) is 18.4 Å². The Hall–Kier alpha value is -3.80. The van der Waals surface area contributed by atoms with E-state index in [4.69, 9.17) is 9.15 Å². The first-order valence-electron chi connectivity index (χ1n) is 9.74. The summed E-state index contributed by atoms with van der Waals surface area (Å²) in [5, 5.41) is 7.11. The highest BCUT2D eigenvalue weighted by atomic mass is 16.5. The Morgan fingerprint density at radius 1 is 1.03 bits per heavy atom. The molecule has 0 bridgehead atoms. The van der Waals surface area contributed by atoms with Crippen molar-refractivity contribution in [2.24, 2.45) is 0 Å². The van der Waals surface area contributed by atoms with Gasteiger partial charge in [-0.25, -0.2) is 0 Å². The summed E-state index contributed by atoms with van der Waals surface area (Å²) in [4.78, 5) is 12.5. The highest BCUT2D eigenvalue weighted by Crippen LogP contribution is 2.24. The van der Waals surface area contributed by atoms with Crippen LogP contribution in [0.25, 0.3) is 0 Å². The molecule has 152 valence electrons. The van der Waals surface area contributed by atoms with E-state index in [1.165, 1.54) is 0 Å². The predicted octanol–water partition coefficient (Wildman–Crippen LogP) is 4.97. The molecule has 0 radical (unpaired) electrons. The quantitative estimate of drug-likeness (QED) is 0.475. The Bertz CT molecular complexity index is 1130. The van der Waals surface area contributed by atoms with Gasteiger partial charge in [0.2, 0.25) is 0 Å². The number of amides is 1. The number of aromatic nitrogens is 2. The minimum atomic E-state index is -0.326. The molecule has 4 rings (SSSR count). The van der Waals surface area contributed by atoms with Crippen LogP contribution in [0.5, 0.6) is 5.75 Å². The molecule has 0 saturated carbocycles. The predicted molar refractivity (Wildman–Crippen MR) is 115 cm³/mol. The van der Waals surface area contributed by atoms with Crippen LogP contribution in [-0.4, -0.2) is 15.7 Å². The third kappa shape index (κ3) is 4.60. The maximum Gasteiger partial charge on any atom is 0.291 e. The highest BCUT2D eigenvalue weighted by molar-refractivity contribution is 6.02. The topological polar surface area (TPSA) is 69.3 Å². The summed E-state index contributed by atoms with van der Waals surface area (Å²) < 4.78 is 13.3. The Labute approximate surface area is 175 Å². The number of aryl methyl sites for hydroxylation is 2. The number of benzene rings is 2. The van der Waals surface area contributed by atoms with Crippen molar-refractivity contribution in [3.05, 3.63) is 101 Å². The molecule has 0 saturated heterocycles. The monoisotopic (exact) mass is 401 g/mol. The Morgan fingerprint density at radius 2 is 1.80 bits per heavy atom. The van der Waals surface area contributed by atoms with Crippen molar-refractivity contribution < 1.29 is 13.9 Å². The first-order chi connectivity index (χ1) is 14.6. The van der Waals surface area contributed by atoms with Crippen LogP contribution in [0.2, 0.25) is 0 Å². The smallest absolute Gasteiger partial charge is 0.291 e. The normalized spacial score (nSPS) is 10.7. The number of hydrogen-bond acceptors (Lipinski definition) is 4. The Kier molecular flexibility index (Phi) is 5.66. The largest absolute Gasteiger partial charge is 0.485 e. The van der Waals surface area contributed by atoms with Crippen LogP contribution in [0.3, 0.4) is 0 Å². The fourth-order valence-electron chi connectivity index (χ4n) is 3.23. The van der Waals surface area contributed by atoms with Crippen molar-refractivity contribution in [2.75, 3.05) is 5.32 Å². The number of nitrogens with one attached hydrogen (secondary N) is 1. The van der Waals surface area contributed by atoms with Gasteiger partial charge in [-0.05, 0) is 42.7 Å². The van der Waals surface area contributed by atoms with Gasteiger partial charge in [0.1, 0.15) is 18.1 Å². The number of para-hydroxylation sites is 1. The second-order valence-corrected chi connectivity index (χ2v) is 7.14. The molecule has 2 aromatic carbocycles. The average Bonchev–Trinajstić information content (AvgIpc) is 3.38. The van der Waals surface area contributed by atoms with E-state index in [2.05, 4.69) is 10.4 Å². The number of ether oxygens (including phenoxy) is 1. The van der Waals surface area contributed by atoms with Crippen LogP contribution in [0, 0.1) is 13.8 Å². The Morgan fingerprint density at radius 3 is 2.57 bits per heavy atom. The molecule has 2 aromatic heterocycles. The lowest BCUT2D eigenvalue weighted by Crippen LogP contribution is -2.10. The van der Waals surface area contributed by atoms with Gasteiger partial charge < -0.3 is 14.5 Å². The first-order valence-corrected chi connectivity index (χ1v) is 9.74. The SMILES string of the molecule is Cc1cccc(C)c1OCc1ccc(C(=O)Nc2cnn(Cc3ccccc3)c2)o1. The van der Waals surface area contributed by atoms with Crippen LogP contribution in [0.4, 0.5) is 5.69 Å². The van der Waals surface area contributed by atoms with Gasteiger partial charge in [0.15, 0.2) is 5.76 Å². The van der Waals surface area contributed by atoms with Crippen molar-refractivity contribution in [1.29, 1.82) is 0 Å². The first kappa shape index (κ1) is 19.5. The summed E-state index contributed by atoms with van der Waals surface area (Å²) in [6.07, 6.45) is 3.41. The summed E-state index contributed by atoms with van der Waals surface area (Å²) in [7, 11) is 0. The van der Waals surface area contributed by atoms with Crippen LogP contribution < -0.4 is 10.1 Å². The van der Waals surface area contributed by atoms with Crippen LogP contribution in [-0.2, 0) is 13.2 Å². The molecular weight excluding hydrogens is 378 g/mol. The van der Waals surface area contributed by atoms with E-state index in [0.29, 0.717) is 18.0 Å². The van der Waals surface area contributed by atoms with Gasteiger partial charge in [-0.15, -0.1) is 0 Å². The molecule has 4 aromatic rings. The number of anilines is 1. The van der Waals surface area contributed by atoms with E-state index in [1.807, 2.05) is 62.4 Å². The average molecular weight is 401 g/mol. The van der Waals surface area contributed by atoms with Gasteiger partial charge in [-0.1, -0.05) is 48.5 Å². The molecule has 0 aliphatic heterocycles.